The third-order valence-electron chi connectivity index (χ3n) is 4.60. The molecular formula is C21H17N5O4. The molecule has 0 saturated carbocycles. The maximum Gasteiger partial charge on any atom is 0.270 e. The molecule has 0 aliphatic heterocycles. The Bertz CT molecular complexity index is 1260. The van der Waals surface area contributed by atoms with Crippen molar-refractivity contribution >= 4 is 28.3 Å². The fourth-order valence-corrected chi connectivity index (χ4v) is 2.99. The van der Waals surface area contributed by atoms with E-state index in [4.69, 9.17) is 4.74 Å². The largest absolute Gasteiger partial charge is 0.497 e. The lowest BCUT2D eigenvalue weighted by Crippen LogP contribution is -2.13. The van der Waals surface area contributed by atoms with Crippen LogP contribution >= 0.6 is 0 Å². The first-order valence-electron chi connectivity index (χ1n) is 9.02. The van der Waals surface area contributed by atoms with Crippen LogP contribution in [-0.4, -0.2) is 32.9 Å². The van der Waals surface area contributed by atoms with Crippen molar-refractivity contribution in [2.45, 2.75) is 6.92 Å². The standard InChI is InChI=1S/C21H17N5O4/c1-13-10-19-20(24-25(23-19)15-6-8-17(30-2)9-7-15)12-18(13)22-21(27)14-4-3-5-16(11-14)26(28)29/h3-12H,1-2H3,(H,22,27). The minimum absolute atomic E-state index is 0.141. The number of methoxy groups -OCH3 is 1. The first-order chi connectivity index (χ1) is 14.4. The Morgan fingerprint density at radius 3 is 2.43 bits per heavy atom. The maximum absolute atomic E-state index is 12.6. The minimum atomic E-state index is -0.536. The molecule has 0 fully saturated rings. The van der Waals surface area contributed by atoms with Crippen LogP contribution in [0, 0.1) is 17.0 Å². The van der Waals surface area contributed by atoms with Crippen LogP contribution in [0.2, 0.25) is 0 Å². The number of non-ortho nitro benzene ring substituents is 1. The average molecular weight is 403 g/mol. The van der Waals surface area contributed by atoms with Crippen molar-refractivity contribution in [2.24, 2.45) is 0 Å². The van der Waals surface area contributed by atoms with Gasteiger partial charge in [0.25, 0.3) is 11.6 Å². The number of nitro benzene ring substituents is 1. The number of nitrogens with one attached hydrogen (secondary N) is 1. The van der Waals surface area contributed by atoms with Crippen molar-refractivity contribution in [1.29, 1.82) is 0 Å². The van der Waals surface area contributed by atoms with E-state index in [9.17, 15) is 14.9 Å². The van der Waals surface area contributed by atoms with Gasteiger partial charge in [0, 0.05) is 23.4 Å². The van der Waals surface area contributed by atoms with Crippen LogP contribution in [0.5, 0.6) is 5.75 Å². The Balaban J connectivity index is 1.63. The first-order valence-corrected chi connectivity index (χ1v) is 9.02. The van der Waals surface area contributed by atoms with Gasteiger partial charge in [-0.2, -0.15) is 4.80 Å². The number of anilines is 1. The summed E-state index contributed by atoms with van der Waals surface area (Å²) in [4.78, 5) is 24.5. The van der Waals surface area contributed by atoms with Gasteiger partial charge in [-0.05, 0) is 55.0 Å². The van der Waals surface area contributed by atoms with E-state index in [0.29, 0.717) is 16.7 Å². The molecule has 30 heavy (non-hydrogen) atoms. The fraction of sp³-hybridized carbons (Fsp3) is 0.0952. The predicted molar refractivity (Wildman–Crippen MR) is 111 cm³/mol. The highest BCUT2D eigenvalue weighted by atomic mass is 16.6. The summed E-state index contributed by atoms with van der Waals surface area (Å²) in [5.74, 6) is 0.293. The van der Waals surface area contributed by atoms with Crippen LogP contribution in [0.1, 0.15) is 15.9 Å². The van der Waals surface area contributed by atoms with Crippen molar-refractivity contribution in [2.75, 3.05) is 12.4 Å². The molecular weight excluding hydrogens is 386 g/mol. The molecule has 0 spiro atoms. The monoisotopic (exact) mass is 403 g/mol. The molecule has 0 aliphatic rings. The van der Waals surface area contributed by atoms with Crippen LogP contribution in [0.4, 0.5) is 11.4 Å². The number of aromatic nitrogens is 3. The zero-order valence-corrected chi connectivity index (χ0v) is 16.2. The lowest BCUT2D eigenvalue weighted by Gasteiger charge is -2.08. The number of hydrogen-bond acceptors (Lipinski definition) is 6. The number of carbonyl (C=O) groups is 1. The second-order valence-electron chi connectivity index (χ2n) is 6.60. The second kappa shape index (κ2) is 7.63. The summed E-state index contributed by atoms with van der Waals surface area (Å²) in [5.41, 5.74) is 3.46. The zero-order chi connectivity index (χ0) is 21.3. The van der Waals surface area contributed by atoms with Gasteiger partial charge < -0.3 is 10.1 Å². The van der Waals surface area contributed by atoms with Gasteiger partial charge in [-0.15, -0.1) is 10.2 Å². The Hall–Kier alpha value is -4.27. The molecule has 9 heteroatoms. The molecule has 0 unspecified atom stereocenters. The van der Waals surface area contributed by atoms with E-state index in [0.717, 1.165) is 17.0 Å². The summed E-state index contributed by atoms with van der Waals surface area (Å²) in [6.45, 7) is 1.84. The van der Waals surface area contributed by atoms with E-state index in [1.54, 1.807) is 13.2 Å². The van der Waals surface area contributed by atoms with Gasteiger partial charge in [0.15, 0.2) is 0 Å². The van der Waals surface area contributed by atoms with E-state index < -0.39 is 10.8 Å². The Kier molecular flexibility index (Phi) is 4.85. The van der Waals surface area contributed by atoms with E-state index >= 15 is 0 Å². The molecule has 0 aliphatic carbocycles. The summed E-state index contributed by atoms with van der Waals surface area (Å²) >= 11 is 0. The molecule has 0 saturated heterocycles. The van der Waals surface area contributed by atoms with Gasteiger partial charge in [-0.25, -0.2) is 0 Å². The van der Waals surface area contributed by atoms with Crippen molar-refractivity contribution in [3.05, 3.63) is 81.9 Å². The van der Waals surface area contributed by atoms with Gasteiger partial charge in [-0.1, -0.05) is 6.07 Å². The van der Waals surface area contributed by atoms with Gasteiger partial charge in [0.05, 0.1) is 17.7 Å². The van der Waals surface area contributed by atoms with Crippen LogP contribution in [0.15, 0.2) is 60.7 Å². The Labute approximate surface area is 171 Å². The van der Waals surface area contributed by atoms with Gasteiger partial charge in [0.1, 0.15) is 16.8 Å². The highest BCUT2D eigenvalue weighted by Gasteiger charge is 2.14. The third-order valence-corrected chi connectivity index (χ3v) is 4.60. The maximum atomic E-state index is 12.6. The predicted octanol–water partition coefficient (Wildman–Crippen LogP) is 3.90. The molecule has 3 aromatic carbocycles. The third kappa shape index (κ3) is 3.68. The molecule has 9 nitrogen and oxygen atoms in total. The van der Waals surface area contributed by atoms with Crippen molar-refractivity contribution in [3.63, 3.8) is 0 Å². The number of benzene rings is 3. The zero-order valence-electron chi connectivity index (χ0n) is 16.2. The highest BCUT2D eigenvalue weighted by molar-refractivity contribution is 6.05. The molecule has 0 bridgehead atoms. The minimum Gasteiger partial charge on any atom is -0.497 e. The number of aryl methyl sites for hydroxylation is 1. The van der Waals surface area contributed by atoms with Crippen LogP contribution in [0.25, 0.3) is 16.7 Å². The normalized spacial score (nSPS) is 10.7. The number of carbonyl (C=O) groups excluding carboxylic acids is 1. The first kappa shape index (κ1) is 19.1. The molecule has 1 amide bonds. The SMILES string of the molecule is COc1ccc(-n2nc3cc(C)c(NC(=O)c4cccc([N+](=O)[O-])c4)cc3n2)cc1. The topological polar surface area (TPSA) is 112 Å². The molecule has 1 heterocycles. The van der Waals surface area contributed by atoms with Crippen LogP contribution in [0.3, 0.4) is 0 Å². The lowest BCUT2D eigenvalue weighted by atomic mass is 10.1. The number of fused-ring (bicyclic) bond motifs is 1. The highest BCUT2D eigenvalue weighted by Crippen LogP contribution is 2.24. The van der Waals surface area contributed by atoms with E-state index in [1.807, 2.05) is 37.3 Å². The Morgan fingerprint density at radius 1 is 1.07 bits per heavy atom. The molecule has 4 rings (SSSR count). The number of nitrogens with zero attached hydrogens (tertiary/aromatic N) is 4. The number of ether oxygens (including phenoxy) is 1. The van der Waals surface area contributed by atoms with Crippen molar-refractivity contribution < 1.29 is 14.5 Å². The Morgan fingerprint density at radius 2 is 1.77 bits per heavy atom. The van der Waals surface area contributed by atoms with Gasteiger partial charge >= 0.3 is 0 Å². The molecule has 4 aromatic rings. The summed E-state index contributed by atoms with van der Waals surface area (Å²) in [7, 11) is 1.60. The van der Waals surface area contributed by atoms with E-state index in [-0.39, 0.29) is 11.3 Å². The molecule has 1 aromatic heterocycles. The molecule has 0 radical (unpaired) electrons. The summed E-state index contributed by atoms with van der Waals surface area (Å²) in [6, 6.07) is 16.5. The lowest BCUT2D eigenvalue weighted by molar-refractivity contribution is -0.384. The van der Waals surface area contributed by atoms with Crippen molar-refractivity contribution in [1.82, 2.24) is 15.0 Å². The summed E-state index contributed by atoms with van der Waals surface area (Å²) < 4.78 is 5.16. The quantitative estimate of drug-likeness (QED) is 0.399. The van der Waals surface area contributed by atoms with Crippen molar-refractivity contribution in [3.8, 4) is 11.4 Å². The number of hydrogen-bond donors (Lipinski definition) is 1. The van der Waals surface area contributed by atoms with Gasteiger partial charge in [0.2, 0.25) is 0 Å². The summed E-state index contributed by atoms with van der Waals surface area (Å²) in [6.07, 6.45) is 0. The van der Waals surface area contributed by atoms with E-state index in [2.05, 4.69) is 15.5 Å². The van der Waals surface area contributed by atoms with Crippen LogP contribution in [-0.2, 0) is 0 Å². The van der Waals surface area contributed by atoms with E-state index in [1.165, 1.54) is 29.1 Å². The average Bonchev–Trinajstić information content (AvgIpc) is 3.16. The molecule has 1 N–H and O–H groups in total. The smallest absolute Gasteiger partial charge is 0.270 e. The number of nitro groups is 1. The van der Waals surface area contributed by atoms with Crippen LogP contribution < -0.4 is 10.1 Å². The number of amides is 1. The molecule has 150 valence electrons. The molecule has 0 atom stereocenters. The van der Waals surface area contributed by atoms with Gasteiger partial charge in [-0.3, -0.25) is 14.9 Å². The fourth-order valence-electron chi connectivity index (χ4n) is 2.99. The number of rotatable bonds is 5. The second-order valence-corrected chi connectivity index (χ2v) is 6.60. The summed E-state index contributed by atoms with van der Waals surface area (Å²) in [5, 5.41) is 22.7.